The van der Waals surface area contributed by atoms with E-state index in [9.17, 15) is 14.0 Å². The summed E-state index contributed by atoms with van der Waals surface area (Å²) in [6, 6.07) is 4.87. The molecule has 1 amide bonds. The number of hydrogen-bond acceptors (Lipinski definition) is 4. The number of carbonyl (C=O) groups excluding carboxylic acids is 1. The summed E-state index contributed by atoms with van der Waals surface area (Å²) in [5.41, 5.74) is 3.47. The smallest absolute Gasteiger partial charge is 0.267 e. The molecule has 1 saturated heterocycles. The zero-order valence-corrected chi connectivity index (χ0v) is 16.1. The summed E-state index contributed by atoms with van der Waals surface area (Å²) >= 11 is 0. The minimum atomic E-state index is -0.503. The van der Waals surface area contributed by atoms with Gasteiger partial charge in [0.05, 0.1) is 11.3 Å². The van der Waals surface area contributed by atoms with Gasteiger partial charge in [-0.05, 0) is 55.9 Å². The number of halogens is 1. The van der Waals surface area contributed by atoms with Crippen molar-refractivity contribution in [3.05, 3.63) is 62.3 Å². The van der Waals surface area contributed by atoms with E-state index in [1.165, 1.54) is 6.07 Å². The van der Waals surface area contributed by atoms with E-state index in [1.807, 2.05) is 6.92 Å². The van der Waals surface area contributed by atoms with E-state index in [-0.39, 0.29) is 23.1 Å². The van der Waals surface area contributed by atoms with Crippen molar-refractivity contribution < 1.29 is 9.18 Å². The van der Waals surface area contributed by atoms with Crippen LogP contribution in [0.25, 0.3) is 0 Å². The molecular weight excluding hydrogens is 359 g/mol. The number of H-pyrrole nitrogens is 1. The summed E-state index contributed by atoms with van der Waals surface area (Å²) in [6.45, 7) is 3.86. The van der Waals surface area contributed by atoms with Gasteiger partial charge in [-0.2, -0.15) is 5.10 Å². The van der Waals surface area contributed by atoms with Crippen molar-refractivity contribution >= 4 is 5.91 Å². The largest absolute Gasteiger partial charge is 0.336 e. The van der Waals surface area contributed by atoms with Crippen molar-refractivity contribution in [2.45, 2.75) is 45.1 Å². The van der Waals surface area contributed by atoms with Crippen molar-refractivity contribution in [1.82, 2.24) is 20.4 Å². The second-order valence-corrected chi connectivity index (χ2v) is 7.76. The summed E-state index contributed by atoms with van der Waals surface area (Å²) in [5, 5.41) is 10.1. The molecule has 2 heterocycles. The number of rotatable bonds is 3. The standard InChI is InChI=1S/C21H25FN4O2/c1-13-12-26(9-8-23-13)21(28)17-10-14(6-7-18(17)22)11-19-15-4-2-3-5-16(15)20(27)25-24-19/h6-7,10,13,23H,2-5,8-9,11-12H2,1H3,(H,25,27)/t13-/m0/s1. The van der Waals surface area contributed by atoms with Gasteiger partial charge in [-0.3, -0.25) is 9.59 Å². The van der Waals surface area contributed by atoms with Crippen molar-refractivity contribution in [3.63, 3.8) is 0 Å². The Bertz CT molecular complexity index is 956. The molecule has 0 unspecified atom stereocenters. The highest BCUT2D eigenvalue weighted by Gasteiger charge is 2.24. The van der Waals surface area contributed by atoms with Crippen LogP contribution in [0.3, 0.4) is 0 Å². The molecule has 148 valence electrons. The molecule has 1 aromatic carbocycles. The third-order valence-electron chi connectivity index (χ3n) is 5.67. The number of carbonyl (C=O) groups is 1. The molecule has 7 heteroatoms. The quantitative estimate of drug-likeness (QED) is 0.846. The van der Waals surface area contributed by atoms with Crippen LogP contribution in [0.15, 0.2) is 23.0 Å². The summed E-state index contributed by atoms with van der Waals surface area (Å²) in [5.74, 6) is -0.777. The molecule has 1 atom stereocenters. The first-order valence-corrected chi connectivity index (χ1v) is 9.93. The molecule has 28 heavy (non-hydrogen) atoms. The molecule has 2 N–H and O–H groups in total. The first-order chi connectivity index (χ1) is 13.5. The maximum absolute atomic E-state index is 14.4. The van der Waals surface area contributed by atoms with Crippen molar-refractivity contribution in [3.8, 4) is 0 Å². The Hall–Kier alpha value is -2.54. The lowest BCUT2D eigenvalue weighted by atomic mass is 9.90. The highest BCUT2D eigenvalue weighted by molar-refractivity contribution is 5.94. The zero-order chi connectivity index (χ0) is 19.7. The van der Waals surface area contributed by atoms with Crippen LogP contribution in [-0.2, 0) is 19.3 Å². The maximum Gasteiger partial charge on any atom is 0.267 e. The number of aromatic nitrogens is 2. The second-order valence-electron chi connectivity index (χ2n) is 7.76. The first kappa shape index (κ1) is 18.8. The molecule has 2 aromatic rings. The SMILES string of the molecule is C[C@H]1CN(C(=O)c2cc(Cc3n[nH]c(=O)c4c3CCCC4)ccc2F)CCN1. The van der Waals surface area contributed by atoms with Gasteiger partial charge >= 0.3 is 0 Å². The molecule has 1 aromatic heterocycles. The molecule has 0 radical (unpaired) electrons. The highest BCUT2D eigenvalue weighted by atomic mass is 19.1. The fraction of sp³-hybridized carbons (Fsp3) is 0.476. The van der Waals surface area contributed by atoms with Gasteiger partial charge in [0.15, 0.2) is 0 Å². The first-order valence-electron chi connectivity index (χ1n) is 9.93. The molecule has 0 spiro atoms. The number of aromatic amines is 1. The van der Waals surface area contributed by atoms with Crippen LogP contribution in [0, 0.1) is 5.82 Å². The average molecular weight is 384 g/mol. The lowest BCUT2D eigenvalue weighted by Crippen LogP contribution is -2.51. The molecular formula is C21H25FN4O2. The summed E-state index contributed by atoms with van der Waals surface area (Å²) < 4.78 is 14.4. The van der Waals surface area contributed by atoms with Crippen LogP contribution in [0.1, 0.15) is 52.5 Å². The van der Waals surface area contributed by atoms with Gasteiger partial charge < -0.3 is 10.2 Å². The Morgan fingerprint density at radius 2 is 2.07 bits per heavy atom. The molecule has 1 fully saturated rings. The molecule has 4 rings (SSSR count). The van der Waals surface area contributed by atoms with Crippen LogP contribution in [0.5, 0.6) is 0 Å². The number of fused-ring (bicyclic) bond motifs is 1. The van der Waals surface area contributed by atoms with Gasteiger partial charge in [0.2, 0.25) is 0 Å². The number of nitrogens with one attached hydrogen (secondary N) is 2. The Kier molecular flexibility index (Phi) is 5.26. The summed E-state index contributed by atoms with van der Waals surface area (Å²) in [4.78, 5) is 26.6. The van der Waals surface area contributed by atoms with Crippen molar-refractivity contribution in [2.24, 2.45) is 0 Å². The van der Waals surface area contributed by atoms with E-state index in [0.29, 0.717) is 26.1 Å². The van der Waals surface area contributed by atoms with Gasteiger partial charge in [-0.25, -0.2) is 9.49 Å². The molecule has 2 aliphatic rings. The van der Waals surface area contributed by atoms with Gasteiger partial charge in [0.1, 0.15) is 5.82 Å². The predicted molar refractivity (Wildman–Crippen MR) is 104 cm³/mol. The number of hydrogen-bond donors (Lipinski definition) is 2. The summed E-state index contributed by atoms with van der Waals surface area (Å²) in [7, 11) is 0. The predicted octanol–water partition coefficient (Wildman–Crippen LogP) is 1.81. The fourth-order valence-corrected chi connectivity index (χ4v) is 4.20. The monoisotopic (exact) mass is 384 g/mol. The van der Waals surface area contributed by atoms with E-state index in [2.05, 4.69) is 15.5 Å². The van der Waals surface area contributed by atoms with Crippen LogP contribution < -0.4 is 10.9 Å². The second kappa shape index (κ2) is 7.83. The summed E-state index contributed by atoms with van der Waals surface area (Å²) in [6.07, 6.45) is 4.14. The molecule has 0 bridgehead atoms. The van der Waals surface area contributed by atoms with E-state index in [0.717, 1.165) is 48.1 Å². The highest BCUT2D eigenvalue weighted by Crippen LogP contribution is 2.23. The number of benzene rings is 1. The minimum absolute atomic E-state index is 0.102. The van der Waals surface area contributed by atoms with Gasteiger partial charge in [-0.1, -0.05) is 6.07 Å². The van der Waals surface area contributed by atoms with Crippen molar-refractivity contribution in [1.29, 1.82) is 0 Å². The maximum atomic E-state index is 14.4. The van der Waals surface area contributed by atoms with Gasteiger partial charge in [-0.15, -0.1) is 0 Å². The number of nitrogens with zero attached hydrogens (tertiary/aromatic N) is 2. The number of piperazine rings is 1. The third-order valence-corrected chi connectivity index (χ3v) is 5.67. The fourth-order valence-electron chi connectivity index (χ4n) is 4.20. The zero-order valence-electron chi connectivity index (χ0n) is 16.1. The van der Waals surface area contributed by atoms with Gasteiger partial charge in [0.25, 0.3) is 11.5 Å². The Labute approximate surface area is 163 Å². The normalized spacial score (nSPS) is 19.4. The van der Waals surface area contributed by atoms with E-state index < -0.39 is 5.82 Å². The molecule has 1 aliphatic heterocycles. The van der Waals surface area contributed by atoms with Crippen LogP contribution in [0.2, 0.25) is 0 Å². The third kappa shape index (κ3) is 3.71. The lowest BCUT2D eigenvalue weighted by molar-refractivity contribution is 0.0704. The molecule has 6 nitrogen and oxygen atoms in total. The topological polar surface area (TPSA) is 78.1 Å². The van der Waals surface area contributed by atoms with E-state index in [4.69, 9.17) is 0 Å². The lowest BCUT2D eigenvalue weighted by Gasteiger charge is -2.32. The Morgan fingerprint density at radius 3 is 2.86 bits per heavy atom. The average Bonchev–Trinajstić information content (AvgIpc) is 2.71. The van der Waals surface area contributed by atoms with E-state index >= 15 is 0 Å². The van der Waals surface area contributed by atoms with Crippen molar-refractivity contribution in [2.75, 3.05) is 19.6 Å². The Morgan fingerprint density at radius 1 is 1.29 bits per heavy atom. The van der Waals surface area contributed by atoms with Crippen LogP contribution in [-0.4, -0.2) is 46.7 Å². The minimum Gasteiger partial charge on any atom is -0.336 e. The number of amides is 1. The van der Waals surface area contributed by atoms with Crippen LogP contribution in [0.4, 0.5) is 4.39 Å². The van der Waals surface area contributed by atoms with Gasteiger partial charge in [0, 0.05) is 37.7 Å². The Balaban J connectivity index is 1.61. The molecule has 0 saturated carbocycles. The molecule has 1 aliphatic carbocycles. The van der Waals surface area contributed by atoms with E-state index in [1.54, 1.807) is 17.0 Å². The van der Waals surface area contributed by atoms with Crippen LogP contribution >= 0.6 is 0 Å².